The third-order valence-corrected chi connectivity index (χ3v) is 2.40. The summed E-state index contributed by atoms with van der Waals surface area (Å²) in [7, 11) is 1.93. The van der Waals surface area contributed by atoms with E-state index < -0.39 is 0 Å². The Kier molecular flexibility index (Phi) is 3.15. The highest BCUT2D eigenvalue weighted by atomic mass is 16.3. The summed E-state index contributed by atoms with van der Waals surface area (Å²) >= 11 is 0. The van der Waals surface area contributed by atoms with Gasteiger partial charge in [0.1, 0.15) is 5.76 Å². The molecule has 15 heavy (non-hydrogen) atoms. The van der Waals surface area contributed by atoms with Crippen molar-refractivity contribution in [3.05, 3.63) is 54.2 Å². The van der Waals surface area contributed by atoms with Crippen molar-refractivity contribution in [2.75, 3.05) is 7.05 Å². The Morgan fingerprint density at radius 3 is 2.93 bits per heavy atom. The highest BCUT2D eigenvalue weighted by Gasteiger charge is 2.12. The number of rotatable bonds is 4. The number of hydrogen-bond acceptors (Lipinski definition) is 3. The fourth-order valence-corrected chi connectivity index (χ4v) is 1.59. The predicted octanol–water partition coefficient (Wildman–Crippen LogP) is 2.18. The summed E-state index contributed by atoms with van der Waals surface area (Å²) in [4.78, 5) is 4.09. The standard InChI is InChI=1S/C12H14N2O/c1-13-11(12-5-3-7-15-12)8-10-4-2-6-14-9-10/h2-7,9,11,13H,8H2,1H3. The molecule has 1 N–H and O–H groups in total. The summed E-state index contributed by atoms with van der Waals surface area (Å²) in [6.07, 6.45) is 6.25. The molecule has 1 atom stereocenters. The lowest BCUT2D eigenvalue weighted by molar-refractivity contribution is 0.429. The fourth-order valence-electron chi connectivity index (χ4n) is 1.59. The van der Waals surface area contributed by atoms with Gasteiger partial charge in [-0.1, -0.05) is 6.07 Å². The van der Waals surface area contributed by atoms with E-state index in [1.54, 1.807) is 12.5 Å². The van der Waals surface area contributed by atoms with E-state index in [1.807, 2.05) is 31.4 Å². The minimum absolute atomic E-state index is 0.212. The molecule has 78 valence electrons. The molecule has 0 amide bonds. The molecule has 2 heterocycles. The van der Waals surface area contributed by atoms with Gasteiger partial charge < -0.3 is 9.73 Å². The highest BCUT2D eigenvalue weighted by Crippen LogP contribution is 2.17. The van der Waals surface area contributed by atoms with Crippen LogP contribution in [0.15, 0.2) is 47.3 Å². The van der Waals surface area contributed by atoms with Gasteiger partial charge in [-0.15, -0.1) is 0 Å². The zero-order valence-electron chi connectivity index (χ0n) is 8.68. The molecule has 2 rings (SSSR count). The van der Waals surface area contributed by atoms with Crippen LogP contribution in [0.5, 0.6) is 0 Å². The van der Waals surface area contributed by atoms with Crippen molar-refractivity contribution >= 4 is 0 Å². The minimum Gasteiger partial charge on any atom is -0.468 e. The minimum atomic E-state index is 0.212. The monoisotopic (exact) mass is 202 g/mol. The number of pyridine rings is 1. The van der Waals surface area contributed by atoms with Crippen LogP contribution < -0.4 is 5.32 Å². The molecular formula is C12H14N2O. The third kappa shape index (κ3) is 2.44. The molecule has 0 aliphatic carbocycles. The lowest BCUT2D eigenvalue weighted by Crippen LogP contribution is -2.18. The second-order valence-electron chi connectivity index (χ2n) is 3.42. The number of nitrogens with one attached hydrogen (secondary N) is 1. The smallest absolute Gasteiger partial charge is 0.121 e. The first kappa shape index (κ1) is 9.93. The number of furan rings is 1. The second-order valence-corrected chi connectivity index (χ2v) is 3.42. The van der Waals surface area contributed by atoms with Crippen molar-refractivity contribution in [2.45, 2.75) is 12.5 Å². The van der Waals surface area contributed by atoms with Crippen LogP contribution in [0, 0.1) is 0 Å². The van der Waals surface area contributed by atoms with Crippen LogP contribution in [-0.4, -0.2) is 12.0 Å². The van der Waals surface area contributed by atoms with E-state index >= 15 is 0 Å². The molecule has 0 aliphatic rings. The van der Waals surface area contributed by atoms with E-state index in [1.165, 1.54) is 5.56 Å². The van der Waals surface area contributed by atoms with Gasteiger partial charge in [-0.2, -0.15) is 0 Å². The van der Waals surface area contributed by atoms with Crippen molar-refractivity contribution in [3.63, 3.8) is 0 Å². The fraction of sp³-hybridized carbons (Fsp3) is 0.250. The van der Waals surface area contributed by atoms with Gasteiger partial charge >= 0.3 is 0 Å². The molecule has 3 heteroatoms. The van der Waals surface area contributed by atoms with Gasteiger partial charge in [0.2, 0.25) is 0 Å². The van der Waals surface area contributed by atoms with Gasteiger partial charge in [0.05, 0.1) is 12.3 Å². The van der Waals surface area contributed by atoms with Gasteiger partial charge in [0.15, 0.2) is 0 Å². The van der Waals surface area contributed by atoms with E-state index in [0.717, 1.165) is 12.2 Å². The van der Waals surface area contributed by atoms with Crippen LogP contribution >= 0.6 is 0 Å². The summed E-state index contributed by atoms with van der Waals surface area (Å²) in [5, 5.41) is 3.23. The van der Waals surface area contributed by atoms with Crippen LogP contribution in [-0.2, 0) is 6.42 Å². The van der Waals surface area contributed by atoms with Crippen molar-refractivity contribution in [2.24, 2.45) is 0 Å². The first-order valence-corrected chi connectivity index (χ1v) is 4.99. The summed E-state index contributed by atoms with van der Waals surface area (Å²) in [5.41, 5.74) is 1.20. The lowest BCUT2D eigenvalue weighted by atomic mass is 10.1. The Morgan fingerprint density at radius 2 is 2.33 bits per heavy atom. The van der Waals surface area contributed by atoms with Crippen LogP contribution in [0.1, 0.15) is 17.4 Å². The summed E-state index contributed by atoms with van der Waals surface area (Å²) in [6, 6.07) is 8.12. The Morgan fingerprint density at radius 1 is 1.40 bits per heavy atom. The molecule has 1 unspecified atom stereocenters. The first-order valence-electron chi connectivity index (χ1n) is 4.99. The molecule has 0 fully saturated rings. The molecule has 0 saturated heterocycles. The largest absolute Gasteiger partial charge is 0.468 e. The average Bonchev–Trinajstić information content (AvgIpc) is 2.81. The Labute approximate surface area is 89.1 Å². The van der Waals surface area contributed by atoms with Crippen molar-refractivity contribution in [1.82, 2.24) is 10.3 Å². The lowest BCUT2D eigenvalue weighted by Gasteiger charge is -2.12. The van der Waals surface area contributed by atoms with Gasteiger partial charge in [-0.25, -0.2) is 0 Å². The van der Waals surface area contributed by atoms with E-state index in [9.17, 15) is 0 Å². The molecule has 0 saturated carbocycles. The topological polar surface area (TPSA) is 38.1 Å². The molecule has 3 nitrogen and oxygen atoms in total. The Balaban J connectivity index is 2.10. The quantitative estimate of drug-likeness (QED) is 0.825. The maximum absolute atomic E-state index is 5.38. The summed E-state index contributed by atoms with van der Waals surface area (Å²) < 4.78 is 5.38. The number of nitrogens with zero attached hydrogens (tertiary/aromatic N) is 1. The van der Waals surface area contributed by atoms with E-state index in [4.69, 9.17) is 4.42 Å². The second kappa shape index (κ2) is 4.75. The molecule has 2 aromatic rings. The molecule has 0 aromatic carbocycles. The van der Waals surface area contributed by atoms with Crippen molar-refractivity contribution < 1.29 is 4.42 Å². The summed E-state index contributed by atoms with van der Waals surface area (Å²) in [5.74, 6) is 0.960. The maximum atomic E-state index is 5.38. The number of hydrogen-bond donors (Lipinski definition) is 1. The van der Waals surface area contributed by atoms with Crippen LogP contribution in [0.3, 0.4) is 0 Å². The predicted molar refractivity (Wildman–Crippen MR) is 58.4 cm³/mol. The Hall–Kier alpha value is -1.61. The molecule has 0 bridgehead atoms. The SMILES string of the molecule is CNC(Cc1cccnc1)c1ccco1. The zero-order valence-corrected chi connectivity index (χ0v) is 8.68. The normalized spacial score (nSPS) is 12.6. The maximum Gasteiger partial charge on any atom is 0.121 e. The van der Waals surface area contributed by atoms with Crippen molar-refractivity contribution in [1.29, 1.82) is 0 Å². The van der Waals surface area contributed by atoms with Crippen LogP contribution in [0.2, 0.25) is 0 Å². The Bertz CT molecular complexity index is 383. The van der Waals surface area contributed by atoms with Gasteiger partial charge in [-0.05, 0) is 37.2 Å². The molecular weight excluding hydrogens is 188 g/mol. The van der Waals surface area contributed by atoms with Crippen molar-refractivity contribution in [3.8, 4) is 0 Å². The number of aromatic nitrogens is 1. The summed E-state index contributed by atoms with van der Waals surface area (Å²) in [6.45, 7) is 0. The zero-order chi connectivity index (χ0) is 10.5. The average molecular weight is 202 g/mol. The van der Waals surface area contributed by atoms with E-state index in [2.05, 4.69) is 16.4 Å². The first-order chi connectivity index (χ1) is 7.40. The van der Waals surface area contributed by atoms with Crippen LogP contribution in [0.25, 0.3) is 0 Å². The highest BCUT2D eigenvalue weighted by molar-refractivity contribution is 5.14. The number of likely N-dealkylation sites (N-methyl/N-ethyl adjacent to an activating group) is 1. The molecule has 0 radical (unpaired) electrons. The molecule has 0 aliphatic heterocycles. The van der Waals surface area contributed by atoms with E-state index in [0.29, 0.717) is 0 Å². The molecule has 0 spiro atoms. The van der Waals surface area contributed by atoms with E-state index in [-0.39, 0.29) is 6.04 Å². The third-order valence-electron chi connectivity index (χ3n) is 2.40. The van der Waals surface area contributed by atoms with Gasteiger partial charge in [-0.3, -0.25) is 4.98 Å². The van der Waals surface area contributed by atoms with Gasteiger partial charge in [0, 0.05) is 12.4 Å². The van der Waals surface area contributed by atoms with Crippen LogP contribution in [0.4, 0.5) is 0 Å². The van der Waals surface area contributed by atoms with Gasteiger partial charge in [0.25, 0.3) is 0 Å². The molecule has 2 aromatic heterocycles.